The number of halogens is 1. The Morgan fingerprint density at radius 3 is 2.56 bits per heavy atom. The highest BCUT2D eigenvalue weighted by Gasteiger charge is 2.59. The molecule has 4 unspecified atom stereocenters. The molecule has 126 valence electrons. The number of fused-ring (bicyclic) bond motifs is 5. The van der Waals surface area contributed by atoms with Gasteiger partial charge in [0.25, 0.3) is 11.8 Å². The van der Waals surface area contributed by atoms with Gasteiger partial charge in [-0.3, -0.25) is 9.59 Å². The number of hydrogen-bond donors (Lipinski definition) is 0. The van der Waals surface area contributed by atoms with Crippen molar-refractivity contribution in [1.29, 1.82) is 5.26 Å². The van der Waals surface area contributed by atoms with E-state index in [0.717, 1.165) is 11.4 Å². The molecule has 1 saturated carbocycles. The van der Waals surface area contributed by atoms with Crippen molar-refractivity contribution in [2.45, 2.75) is 6.42 Å². The van der Waals surface area contributed by atoms with Crippen LogP contribution in [0.15, 0.2) is 35.5 Å². The quantitative estimate of drug-likeness (QED) is 0.471. The van der Waals surface area contributed by atoms with Crippen LogP contribution in [0.25, 0.3) is 0 Å². The van der Waals surface area contributed by atoms with E-state index in [4.69, 9.17) is 21.6 Å². The van der Waals surface area contributed by atoms with Crippen LogP contribution in [0, 0.1) is 35.0 Å². The van der Waals surface area contributed by atoms with E-state index in [9.17, 15) is 9.59 Å². The molecule has 1 aliphatic heterocycles. The Kier molecular flexibility index (Phi) is 3.81. The number of imide groups is 1. The van der Waals surface area contributed by atoms with Crippen molar-refractivity contribution in [3.05, 3.63) is 40.9 Å². The first-order valence-corrected chi connectivity index (χ1v) is 8.37. The first-order valence-electron chi connectivity index (χ1n) is 7.99. The Morgan fingerprint density at radius 2 is 1.96 bits per heavy atom. The first-order chi connectivity index (χ1) is 12.1. The number of allylic oxidation sites excluding steroid dienone is 2. The van der Waals surface area contributed by atoms with Crippen molar-refractivity contribution in [2.75, 3.05) is 6.61 Å². The van der Waals surface area contributed by atoms with E-state index in [2.05, 4.69) is 5.10 Å². The summed E-state index contributed by atoms with van der Waals surface area (Å²) in [6.45, 7) is -0.0942. The van der Waals surface area contributed by atoms with Crippen molar-refractivity contribution >= 4 is 29.6 Å². The highest BCUT2D eigenvalue weighted by Crippen LogP contribution is 2.52. The topological polar surface area (TPSA) is 82.8 Å². The maximum Gasteiger partial charge on any atom is 0.254 e. The zero-order chi connectivity index (χ0) is 17.6. The molecule has 1 saturated heterocycles. The number of rotatable bonds is 4. The van der Waals surface area contributed by atoms with Crippen LogP contribution in [-0.2, 0) is 9.59 Å². The van der Waals surface area contributed by atoms with Crippen LogP contribution in [0.4, 0.5) is 0 Å². The fourth-order valence-corrected chi connectivity index (χ4v) is 4.19. The molecule has 3 aliphatic rings. The number of carbonyl (C=O) groups is 2. The molecule has 0 N–H and O–H groups in total. The third kappa shape index (κ3) is 2.52. The highest BCUT2D eigenvalue weighted by atomic mass is 35.5. The van der Waals surface area contributed by atoms with E-state index < -0.39 is 0 Å². The van der Waals surface area contributed by atoms with E-state index in [1.54, 1.807) is 18.2 Å². The summed E-state index contributed by atoms with van der Waals surface area (Å²) in [6.07, 6.45) is 6.42. The fourth-order valence-electron chi connectivity index (χ4n) is 3.95. The van der Waals surface area contributed by atoms with Gasteiger partial charge in [0.2, 0.25) is 0 Å². The van der Waals surface area contributed by atoms with Crippen LogP contribution in [0.5, 0.6) is 5.75 Å². The highest BCUT2D eigenvalue weighted by molar-refractivity contribution is 6.32. The molecule has 4 rings (SSSR count). The molecule has 1 aromatic carbocycles. The molecular formula is C18H14ClN3O3. The lowest BCUT2D eigenvalue weighted by Gasteiger charge is -2.13. The number of carbonyl (C=O) groups excluding carboxylic acids is 2. The van der Waals surface area contributed by atoms with Crippen molar-refractivity contribution in [2.24, 2.45) is 28.8 Å². The molecule has 7 heteroatoms. The molecule has 6 nitrogen and oxygen atoms in total. The summed E-state index contributed by atoms with van der Waals surface area (Å²) >= 11 is 6.09. The van der Waals surface area contributed by atoms with Gasteiger partial charge in [0.05, 0.1) is 23.1 Å². The van der Waals surface area contributed by atoms with E-state index in [-0.39, 0.29) is 42.1 Å². The number of hydrogen-bond acceptors (Lipinski definition) is 5. The van der Waals surface area contributed by atoms with Gasteiger partial charge in [-0.15, -0.1) is 0 Å². The van der Waals surface area contributed by atoms with Gasteiger partial charge in [0.15, 0.2) is 6.61 Å². The second kappa shape index (κ2) is 6.01. The van der Waals surface area contributed by atoms with Gasteiger partial charge in [-0.2, -0.15) is 15.4 Å². The maximum atomic E-state index is 12.5. The van der Waals surface area contributed by atoms with Gasteiger partial charge in [0.1, 0.15) is 11.8 Å². The van der Waals surface area contributed by atoms with Gasteiger partial charge in [0, 0.05) is 0 Å². The van der Waals surface area contributed by atoms with Crippen LogP contribution in [0.3, 0.4) is 0 Å². The molecule has 0 spiro atoms. The number of ether oxygens (including phenoxy) is 1. The third-order valence-corrected chi connectivity index (χ3v) is 5.31. The summed E-state index contributed by atoms with van der Waals surface area (Å²) in [7, 11) is 0. The van der Waals surface area contributed by atoms with Crippen LogP contribution in [0.2, 0.25) is 5.02 Å². The SMILES string of the molecule is N#CCOc1ccc(C=NN2C(=O)C3C4C=CC(C4)C3C2=O)cc1Cl. The zero-order valence-corrected chi connectivity index (χ0v) is 13.9. The molecule has 2 fully saturated rings. The van der Waals surface area contributed by atoms with Crippen LogP contribution in [0.1, 0.15) is 12.0 Å². The minimum absolute atomic E-state index is 0.0942. The zero-order valence-electron chi connectivity index (χ0n) is 13.1. The molecule has 4 atom stereocenters. The third-order valence-electron chi connectivity index (χ3n) is 5.02. The van der Waals surface area contributed by atoms with Crippen molar-refractivity contribution in [3.63, 3.8) is 0 Å². The minimum Gasteiger partial charge on any atom is -0.477 e. The number of amides is 2. The summed E-state index contributed by atoms with van der Waals surface area (Å²) in [5.41, 5.74) is 0.632. The Bertz CT molecular complexity index is 828. The molecule has 1 aromatic rings. The molecule has 2 bridgehead atoms. The van der Waals surface area contributed by atoms with E-state index in [1.165, 1.54) is 6.21 Å². The maximum absolute atomic E-state index is 12.5. The average Bonchev–Trinajstić information content (AvgIpc) is 3.27. The Balaban J connectivity index is 1.51. The molecular weight excluding hydrogens is 342 g/mol. The molecule has 2 amide bonds. The largest absolute Gasteiger partial charge is 0.477 e. The lowest BCUT2D eigenvalue weighted by Crippen LogP contribution is -2.28. The van der Waals surface area contributed by atoms with Gasteiger partial charge in [-0.05, 0) is 42.0 Å². The molecule has 2 aliphatic carbocycles. The number of hydrazone groups is 1. The molecule has 0 aromatic heterocycles. The summed E-state index contributed by atoms with van der Waals surface area (Å²) in [5.74, 6) is -0.234. The van der Waals surface area contributed by atoms with E-state index >= 15 is 0 Å². The average molecular weight is 356 g/mol. The Hall–Kier alpha value is -2.65. The smallest absolute Gasteiger partial charge is 0.254 e. The van der Waals surface area contributed by atoms with Gasteiger partial charge in [-0.25, -0.2) is 0 Å². The second-order valence-corrected chi connectivity index (χ2v) is 6.78. The van der Waals surface area contributed by atoms with Crippen LogP contribution < -0.4 is 4.74 Å². The second-order valence-electron chi connectivity index (χ2n) is 6.37. The van der Waals surface area contributed by atoms with E-state index in [1.807, 2.05) is 18.2 Å². The van der Waals surface area contributed by atoms with Crippen molar-refractivity contribution < 1.29 is 14.3 Å². The molecule has 25 heavy (non-hydrogen) atoms. The number of nitriles is 1. The Morgan fingerprint density at radius 1 is 1.28 bits per heavy atom. The minimum atomic E-state index is -0.259. The number of nitrogens with zero attached hydrogens (tertiary/aromatic N) is 3. The Labute approximate surface area is 149 Å². The normalized spacial score (nSPS) is 29.5. The lowest BCUT2D eigenvalue weighted by molar-refractivity contribution is -0.140. The van der Waals surface area contributed by atoms with Gasteiger partial charge < -0.3 is 4.74 Å². The summed E-state index contributed by atoms with van der Waals surface area (Å²) < 4.78 is 5.17. The molecule has 1 heterocycles. The number of benzene rings is 1. The first kappa shape index (κ1) is 15.9. The van der Waals surface area contributed by atoms with Gasteiger partial charge >= 0.3 is 0 Å². The van der Waals surface area contributed by atoms with E-state index in [0.29, 0.717) is 16.3 Å². The summed E-state index contributed by atoms with van der Waals surface area (Å²) in [4.78, 5) is 25.1. The summed E-state index contributed by atoms with van der Waals surface area (Å²) in [5, 5.41) is 13.9. The standard InChI is InChI=1S/C18H14ClN3O3/c19-13-7-10(1-4-14(13)25-6-5-20)9-21-22-17(23)15-11-2-3-12(8-11)16(15)18(22)24/h1-4,7,9,11-12,15-16H,6,8H2. The fraction of sp³-hybridized carbons (Fsp3) is 0.333. The molecule has 0 radical (unpaired) electrons. The monoisotopic (exact) mass is 355 g/mol. The van der Waals surface area contributed by atoms with Crippen LogP contribution in [-0.4, -0.2) is 29.6 Å². The summed E-state index contributed by atoms with van der Waals surface area (Å²) in [6, 6.07) is 6.79. The van der Waals surface area contributed by atoms with Crippen LogP contribution >= 0.6 is 11.6 Å². The lowest BCUT2D eigenvalue weighted by atomic mass is 9.85. The van der Waals surface area contributed by atoms with Crippen molar-refractivity contribution in [3.8, 4) is 11.8 Å². The predicted octanol–water partition coefficient (Wildman–Crippen LogP) is 2.38. The van der Waals surface area contributed by atoms with Crippen molar-refractivity contribution in [1.82, 2.24) is 5.01 Å². The van der Waals surface area contributed by atoms with Gasteiger partial charge in [-0.1, -0.05) is 23.8 Å². The predicted molar refractivity (Wildman–Crippen MR) is 89.7 cm³/mol.